The summed E-state index contributed by atoms with van der Waals surface area (Å²) in [6.45, 7) is 10.9. The molecule has 0 amide bonds. The predicted octanol–water partition coefficient (Wildman–Crippen LogP) is 1.24. The number of hydrogen-bond donors (Lipinski definition) is 3. The largest absolute Gasteiger partial charge is 0.469 e. The Balaban J connectivity index is 1.86. The number of morpholine rings is 1. The maximum absolute atomic E-state index is 10.7. The lowest BCUT2D eigenvalue weighted by atomic mass is 10.1. The van der Waals surface area contributed by atoms with Crippen molar-refractivity contribution >= 4 is 5.96 Å². The zero-order chi connectivity index (χ0) is 18.8. The van der Waals surface area contributed by atoms with E-state index >= 15 is 0 Å². The van der Waals surface area contributed by atoms with Crippen molar-refractivity contribution in [2.75, 3.05) is 45.9 Å². The number of aliphatic hydroxyl groups is 1. The average molecular weight is 367 g/mol. The summed E-state index contributed by atoms with van der Waals surface area (Å²) in [6, 6.07) is 4.17. The van der Waals surface area contributed by atoms with Gasteiger partial charge >= 0.3 is 0 Å². The number of rotatable bonds is 9. The van der Waals surface area contributed by atoms with Crippen LogP contribution in [-0.2, 0) is 11.2 Å². The van der Waals surface area contributed by atoms with Gasteiger partial charge < -0.3 is 24.9 Å². The molecule has 1 saturated heterocycles. The molecule has 0 aliphatic carbocycles. The lowest BCUT2D eigenvalue weighted by molar-refractivity contribution is -0.0180. The number of nitrogens with zero attached hydrogens (tertiary/aromatic N) is 2. The number of ether oxygens (including phenoxy) is 1. The first-order chi connectivity index (χ1) is 12.5. The van der Waals surface area contributed by atoms with Crippen molar-refractivity contribution in [1.82, 2.24) is 15.5 Å². The van der Waals surface area contributed by atoms with Crippen LogP contribution in [0.4, 0.5) is 0 Å². The van der Waals surface area contributed by atoms with E-state index in [9.17, 15) is 5.11 Å². The molecule has 3 N–H and O–H groups in total. The van der Waals surface area contributed by atoms with E-state index in [2.05, 4.69) is 34.4 Å². The summed E-state index contributed by atoms with van der Waals surface area (Å²) in [5.74, 6) is 1.67. The van der Waals surface area contributed by atoms with Gasteiger partial charge in [-0.2, -0.15) is 0 Å². The first-order valence-electron chi connectivity index (χ1n) is 9.58. The molecule has 1 aliphatic rings. The van der Waals surface area contributed by atoms with Crippen LogP contribution < -0.4 is 10.6 Å². The van der Waals surface area contributed by atoms with Crippen LogP contribution in [-0.4, -0.2) is 73.5 Å². The van der Waals surface area contributed by atoms with Crippen LogP contribution in [0, 0.1) is 0 Å². The van der Waals surface area contributed by atoms with Gasteiger partial charge in [-0.3, -0.25) is 9.89 Å². The number of guanidine groups is 1. The Morgan fingerprint density at radius 2 is 2.19 bits per heavy atom. The van der Waals surface area contributed by atoms with Crippen LogP contribution >= 0.6 is 0 Å². The van der Waals surface area contributed by atoms with Gasteiger partial charge in [0.2, 0.25) is 0 Å². The molecule has 7 nitrogen and oxygen atoms in total. The predicted molar refractivity (Wildman–Crippen MR) is 103 cm³/mol. The van der Waals surface area contributed by atoms with Crippen molar-refractivity contribution in [1.29, 1.82) is 0 Å². The minimum atomic E-state index is -0.873. The second-order valence-corrected chi connectivity index (χ2v) is 7.26. The van der Waals surface area contributed by atoms with Crippen molar-refractivity contribution in [3.8, 4) is 0 Å². The molecule has 26 heavy (non-hydrogen) atoms. The summed E-state index contributed by atoms with van der Waals surface area (Å²) < 4.78 is 10.7. The van der Waals surface area contributed by atoms with E-state index in [0.717, 1.165) is 57.4 Å². The van der Waals surface area contributed by atoms with E-state index in [1.807, 2.05) is 19.1 Å². The Morgan fingerprint density at radius 3 is 2.85 bits per heavy atom. The summed E-state index contributed by atoms with van der Waals surface area (Å²) >= 11 is 0. The van der Waals surface area contributed by atoms with Crippen LogP contribution in [0.1, 0.15) is 33.0 Å². The molecule has 0 bridgehead atoms. The van der Waals surface area contributed by atoms with Gasteiger partial charge in [-0.15, -0.1) is 0 Å². The van der Waals surface area contributed by atoms with Crippen molar-refractivity contribution in [2.45, 2.75) is 45.3 Å². The van der Waals surface area contributed by atoms with Crippen LogP contribution in [0.15, 0.2) is 27.8 Å². The third-order valence-electron chi connectivity index (χ3n) is 4.49. The number of aliphatic imine (C=N–C) groups is 1. The Kier molecular flexibility index (Phi) is 8.41. The maximum atomic E-state index is 10.7. The molecule has 2 rings (SSSR count). The van der Waals surface area contributed by atoms with Crippen molar-refractivity contribution in [3.05, 3.63) is 24.2 Å². The first-order valence-corrected chi connectivity index (χ1v) is 9.58. The van der Waals surface area contributed by atoms with Gasteiger partial charge in [0.25, 0.3) is 0 Å². The second kappa shape index (κ2) is 10.5. The molecule has 2 atom stereocenters. The molecule has 2 unspecified atom stereocenters. The number of β-amino-alcohol motifs (C(OH)–C–C–N with tert-alkyl or cyclic N) is 1. The van der Waals surface area contributed by atoms with Crippen molar-refractivity contribution in [2.24, 2.45) is 4.99 Å². The first kappa shape index (κ1) is 20.7. The Bertz CT molecular complexity index is 525. The molecule has 0 spiro atoms. The highest BCUT2D eigenvalue weighted by Gasteiger charge is 2.25. The van der Waals surface area contributed by atoms with E-state index in [1.165, 1.54) is 0 Å². The molecular weight excluding hydrogens is 332 g/mol. The molecule has 2 heterocycles. The molecular formula is C19H34N4O3. The van der Waals surface area contributed by atoms with Crippen LogP contribution in [0.2, 0.25) is 0 Å². The zero-order valence-corrected chi connectivity index (χ0v) is 16.3. The Morgan fingerprint density at radius 1 is 1.42 bits per heavy atom. The Labute approximate surface area is 156 Å². The van der Waals surface area contributed by atoms with E-state index in [1.54, 1.807) is 6.26 Å². The SMILES string of the molecule is CCC(C)NC(=NCC(C)(O)CN1CCOCC1)NCCc1ccco1. The minimum Gasteiger partial charge on any atom is -0.469 e. The lowest BCUT2D eigenvalue weighted by Crippen LogP contribution is -2.48. The molecule has 0 saturated carbocycles. The van der Waals surface area contributed by atoms with Gasteiger partial charge in [-0.05, 0) is 32.4 Å². The highest BCUT2D eigenvalue weighted by molar-refractivity contribution is 5.80. The molecule has 1 fully saturated rings. The van der Waals surface area contributed by atoms with Crippen LogP contribution in [0.25, 0.3) is 0 Å². The molecule has 1 aromatic heterocycles. The lowest BCUT2D eigenvalue weighted by Gasteiger charge is -2.33. The zero-order valence-electron chi connectivity index (χ0n) is 16.3. The van der Waals surface area contributed by atoms with Gasteiger partial charge in [0.1, 0.15) is 5.76 Å². The quantitative estimate of drug-likeness (QED) is 0.451. The smallest absolute Gasteiger partial charge is 0.191 e. The maximum Gasteiger partial charge on any atom is 0.191 e. The van der Waals surface area contributed by atoms with Crippen molar-refractivity contribution in [3.63, 3.8) is 0 Å². The fourth-order valence-corrected chi connectivity index (χ4v) is 2.79. The average Bonchev–Trinajstić information content (AvgIpc) is 3.13. The van der Waals surface area contributed by atoms with Crippen molar-refractivity contribution < 1.29 is 14.3 Å². The Hall–Kier alpha value is -1.57. The molecule has 0 radical (unpaired) electrons. The minimum absolute atomic E-state index is 0.314. The normalized spacial score (nSPS) is 19.8. The molecule has 7 heteroatoms. The molecule has 0 aromatic carbocycles. The third-order valence-corrected chi connectivity index (χ3v) is 4.49. The van der Waals surface area contributed by atoms with E-state index in [4.69, 9.17) is 9.15 Å². The second-order valence-electron chi connectivity index (χ2n) is 7.26. The summed E-state index contributed by atoms with van der Waals surface area (Å²) in [5.41, 5.74) is -0.873. The topological polar surface area (TPSA) is 82.3 Å². The van der Waals surface area contributed by atoms with E-state index in [0.29, 0.717) is 19.1 Å². The summed E-state index contributed by atoms with van der Waals surface area (Å²) in [5, 5.41) is 17.4. The van der Waals surface area contributed by atoms with Crippen LogP contribution in [0.3, 0.4) is 0 Å². The van der Waals surface area contributed by atoms with Gasteiger partial charge in [-0.25, -0.2) is 0 Å². The van der Waals surface area contributed by atoms with Gasteiger partial charge in [0.05, 0.1) is 31.6 Å². The summed E-state index contributed by atoms with van der Waals surface area (Å²) in [6.07, 6.45) is 3.48. The molecule has 1 aliphatic heterocycles. The highest BCUT2D eigenvalue weighted by atomic mass is 16.5. The monoisotopic (exact) mass is 366 g/mol. The molecule has 1 aromatic rings. The summed E-state index contributed by atoms with van der Waals surface area (Å²) in [7, 11) is 0. The van der Waals surface area contributed by atoms with Gasteiger partial charge in [0.15, 0.2) is 5.96 Å². The van der Waals surface area contributed by atoms with Crippen LogP contribution in [0.5, 0.6) is 0 Å². The van der Waals surface area contributed by atoms with E-state index in [-0.39, 0.29) is 0 Å². The number of nitrogens with one attached hydrogen (secondary N) is 2. The third kappa shape index (κ3) is 7.76. The highest BCUT2D eigenvalue weighted by Crippen LogP contribution is 2.09. The standard InChI is InChI=1S/C19H34N4O3/c1-4-16(2)22-18(20-8-7-17-6-5-11-26-17)21-14-19(3,24)15-23-9-12-25-13-10-23/h5-6,11,16,24H,4,7-10,12-15H2,1-3H3,(H2,20,21,22). The fraction of sp³-hybridized carbons (Fsp3) is 0.737. The number of hydrogen-bond acceptors (Lipinski definition) is 5. The number of furan rings is 1. The summed E-state index contributed by atoms with van der Waals surface area (Å²) in [4.78, 5) is 6.85. The fourth-order valence-electron chi connectivity index (χ4n) is 2.79. The molecule has 148 valence electrons. The van der Waals surface area contributed by atoms with Gasteiger partial charge in [-0.1, -0.05) is 6.92 Å². The van der Waals surface area contributed by atoms with E-state index < -0.39 is 5.60 Å². The van der Waals surface area contributed by atoms with Gasteiger partial charge in [0, 0.05) is 38.6 Å².